The molecule has 0 bridgehead atoms. The Morgan fingerprint density at radius 3 is 2.23 bits per heavy atom. The average Bonchev–Trinajstić information content (AvgIpc) is 3.11. The first-order valence-corrected chi connectivity index (χ1v) is 10.4. The van der Waals surface area contributed by atoms with E-state index in [0.717, 1.165) is 10.1 Å². The summed E-state index contributed by atoms with van der Waals surface area (Å²) in [6.07, 6.45) is 1.42. The number of amides is 1. The molecule has 0 spiro atoms. The van der Waals surface area contributed by atoms with Crippen molar-refractivity contribution in [3.63, 3.8) is 0 Å². The van der Waals surface area contributed by atoms with Crippen LogP contribution in [-0.4, -0.2) is 24.6 Å². The van der Waals surface area contributed by atoms with E-state index in [-0.39, 0.29) is 41.0 Å². The summed E-state index contributed by atoms with van der Waals surface area (Å²) < 4.78 is 3.82. The molecule has 166 valence electrons. The fourth-order valence-electron chi connectivity index (χ4n) is 3.72. The minimum absolute atomic E-state index is 0.0594. The molecule has 2 heterocycles. The van der Waals surface area contributed by atoms with E-state index >= 15 is 0 Å². The molecule has 1 amide bonds. The second-order valence-electron chi connectivity index (χ2n) is 9.41. The van der Waals surface area contributed by atoms with Crippen LogP contribution in [0.1, 0.15) is 51.8 Å². The summed E-state index contributed by atoms with van der Waals surface area (Å²) in [7, 11) is 2.97. The zero-order valence-corrected chi connectivity index (χ0v) is 19.3. The summed E-state index contributed by atoms with van der Waals surface area (Å²) in [4.78, 5) is 41.7. The standard InChI is InChI=1S/C23H31N5O3/c1-14(2)18(15-8-10-16(11-9-15)23(3,4)5)25-17(29)12-28-13-24-20-19(28)21(30)27(7)22(31)26(20)6/h8-11,13-14,18H,12H2,1-7H3,(H,25,29). The SMILES string of the molecule is CC(C)C(NC(=O)Cn1cnc2c1c(=O)n(C)c(=O)n2C)c1ccc(C(C)(C)C)cc1. The minimum Gasteiger partial charge on any atom is -0.347 e. The molecule has 1 unspecified atom stereocenters. The molecule has 0 fully saturated rings. The molecule has 0 saturated carbocycles. The predicted molar refractivity (Wildman–Crippen MR) is 121 cm³/mol. The van der Waals surface area contributed by atoms with Gasteiger partial charge in [-0.3, -0.25) is 18.7 Å². The molecule has 0 saturated heterocycles. The number of hydrogen-bond donors (Lipinski definition) is 1. The van der Waals surface area contributed by atoms with Crippen LogP contribution in [0.5, 0.6) is 0 Å². The highest BCUT2D eigenvalue weighted by Crippen LogP contribution is 2.26. The molecule has 0 aliphatic carbocycles. The van der Waals surface area contributed by atoms with Crippen LogP contribution in [0.25, 0.3) is 11.2 Å². The van der Waals surface area contributed by atoms with Crippen LogP contribution < -0.4 is 16.6 Å². The normalized spacial score (nSPS) is 13.0. The molecule has 1 atom stereocenters. The maximum Gasteiger partial charge on any atom is 0.332 e. The van der Waals surface area contributed by atoms with Crippen molar-refractivity contribution >= 4 is 17.1 Å². The smallest absolute Gasteiger partial charge is 0.332 e. The molecule has 0 radical (unpaired) electrons. The van der Waals surface area contributed by atoms with E-state index in [4.69, 9.17) is 0 Å². The first kappa shape index (κ1) is 22.5. The average molecular weight is 426 g/mol. The van der Waals surface area contributed by atoms with Crippen molar-refractivity contribution in [3.8, 4) is 0 Å². The number of nitrogens with zero attached hydrogens (tertiary/aromatic N) is 4. The van der Waals surface area contributed by atoms with Crippen LogP contribution in [0.3, 0.4) is 0 Å². The van der Waals surface area contributed by atoms with Gasteiger partial charge in [0.2, 0.25) is 5.91 Å². The van der Waals surface area contributed by atoms with E-state index in [2.05, 4.69) is 69.2 Å². The number of carbonyl (C=O) groups excluding carboxylic acids is 1. The molecule has 8 heteroatoms. The van der Waals surface area contributed by atoms with Gasteiger partial charge in [-0.15, -0.1) is 0 Å². The van der Waals surface area contributed by atoms with Gasteiger partial charge in [0.15, 0.2) is 11.2 Å². The summed E-state index contributed by atoms with van der Waals surface area (Å²) in [6, 6.07) is 8.16. The monoisotopic (exact) mass is 425 g/mol. The predicted octanol–water partition coefficient (Wildman–Crippen LogP) is 2.24. The Labute approximate surface area is 181 Å². The second-order valence-corrected chi connectivity index (χ2v) is 9.41. The van der Waals surface area contributed by atoms with Gasteiger partial charge < -0.3 is 9.88 Å². The number of aromatic nitrogens is 4. The molecule has 31 heavy (non-hydrogen) atoms. The molecule has 3 aromatic rings. The highest BCUT2D eigenvalue weighted by atomic mass is 16.2. The molecule has 0 aliphatic heterocycles. The largest absolute Gasteiger partial charge is 0.347 e. The van der Waals surface area contributed by atoms with E-state index in [9.17, 15) is 14.4 Å². The summed E-state index contributed by atoms with van der Waals surface area (Å²) in [5, 5.41) is 3.09. The zero-order chi connectivity index (χ0) is 23.1. The Bertz CT molecular complexity index is 1220. The summed E-state index contributed by atoms with van der Waals surface area (Å²) in [5.41, 5.74) is 1.90. The highest BCUT2D eigenvalue weighted by Gasteiger charge is 2.21. The van der Waals surface area contributed by atoms with Crippen LogP contribution in [0, 0.1) is 5.92 Å². The summed E-state index contributed by atoms with van der Waals surface area (Å²) >= 11 is 0. The third-order valence-corrected chi connectivity index (χ3v) is 5.65. The number of rotatable bonds is 5. The van der Waals surface area contributed by atoms with Crippen LogP contribution in [-0.2, 0) is 30.8 Å². The van der Waals surface area contributed by atoms with E-state index in [1.807, 2.05) is 0 Å². The van der Waals surface area contributed by atoms with Gasteiger partial charge in [-0.1, -0.05) is 58.9 Å². The number of benzene rings is 1. The summed E-state index contributed by atoms with van der Waals surface area (Å²) in [5.74, 6) is -0.0496. The fourth-order valence-corrected chi connectivity index (χ4v) is 3.72. The number of aryl methyl sites for hydroxylation is 1. The van der Waals surface area contributed by atoms with Gasteiger partial charge in [0.05, 0.1) is 12.4 Å². The van der Waals surface area contributed by atoms with Crippen molar-refractivity contribution in [3.05, 3.63) is 62.6 Å². The van der Waals surface area contributed by atoms with E-state index < -0.39 is 11.2 Å². The fraction of sp³-hybridized carbons (Fsp3) is 0.478. The van der Waals surface area contributed by atoms with Gasteiger partial charge in [-0.2, -0.15) is 0 Å². The lowest BCUT2D eigenvalue weighted by atomic mass is 9.85. The topological polar surface area (TPSA) is 90.9 Å². The molecule has 3 rings (SSSR count). The van der Waals surface area contributed by atoms with Crippen molar-refractivity contribution in [2.24, 2.45) is 20.0 Å². The first-order chi connectivity index (χ1) is 14.4. The van der Waals surface area contributed by atoms with Crippen molar-refractivity contribution in [2.45, 2.75) is 52.6 Å². The molecule has 1 aromatic carbocycles. The highest BCUT2D eigenvalue weighted by molar-refractivity contribution is 5.79. The lowest BCUT2D eigenvalue weighted by molar-refractivity contribution is -0.122. The van der Waals surface area contributed by atoms with Crippen molar-refractivity contribution in [1.82, 2.24) is 24.0 Å². The Kier molecular flexibility index (Phi) is 5.93. The Morgan fingerprint density at radius 2 is 1.68 bits per heavy atom. The van der Waals surface area contributed by atoms with Gasteiger partial charge in [-0.25, -0.2) is 9.78 Å². The first-order valence-electron chi connectivity index (χ1n) is 10.4. The molecular formula is C23H31N5O3. The van der Waals surface area contributed by atoms with Crippen molar-refractivity contribution in [1.29, 1.82) is 0 Å². The van der Waals surface area contributed by atoms with E-state index in [1.165, 1.54) is 28.1 Å². The van der Waals surface area contributed by atoms with Gasteiger partial charge in [0.25, 0.3) is 5.56 Å². The number of imidazole rings is 1. The molecule has 0 aliphatic rings. The maximum absolute atomic E-state index is 12.9. The van der Waals surface area contributed by atoms with Gasteiger partial charge in [0.1, 0.15) is 6.54 Å². The molecule has 8 nitrogen and oxygen atoms in total. The third-order valence-electron chi connectivity index (χ3n) is 5.65. The van der Waals surface area contributed by atoms with Gasteiger partial charge >= 0.3 is 5.69 Å². The Morgan fingerprint density at radius 1 is 1.06 bits per heavy atom. The number of nitrogens with one attached hydrogen (secondary N) is 1. The molecule has 1 N–H and O–H groups in total. The summed E-state index contributed by atoms with van der Waals surface area (Å²) in [6.45, 7) is 10.5. The Hall–Kier alpha value is -3.16. The van der Waals surface area contributed by atoms with Crippen molar-refractivity contribution < 1.29 is 4.79 Å². The number of fused-ring (bicyclic) bond motifs is 1. The number of hydrogen-bond acceptors (Lipinski definition) is 4. The Balaban J connectivity index is 1.86. The quantitative estimate of drug-likeness (QED) is 0.679. The molecule has 2 aromatic heterocycles. The molecular weight excluding hydrogens is 394 g/mol. The number of carbonyl (C=O) groups is 1. The van der Waals surface area contributed by atoms with Gasteiger partial charge in [-0.05, 0) is 22.5 Å². The van der Waals surface area contributed by atoms with E-state index in [1.54, 1.807) is 7.05 Å². The third kappa shape index (κ3) is 4.33. The lowest BCUT2D eigenvalue weighted by Crippen LogP contribution is -2.38. The lowest BCUT2D eigenvalue weighted by Gasteiger charge is -2.25. The second kappa shape index (κ2) is 8.17. The zero-order valence-electron chi connectivity index (χ0n) is 19.3. The van der Waals surface area contributed by atoms with Crippen LogP contribution in [0.15, 0.2) is 40.2 Å². The minimum atomic E-state index is -0.471. The van der Waals surface area contributed by atoms with E-state index in [0.29, 0.717) is 0 Å². The van der Waals surface area contributed by atoms with Gasteiger partial charge in [0, 0.05) is 14.1 Å². The van der Waals surface area contributed by atoms with Crippen LogP contribution in [0.2, 0.25) is 0 Å². The van der Waals surface area contributed by atoms with Crippen LogP contribution in [0.4, 0.5) is 0 Å². The maximum atomic E-state index is 12.9. The van der Waals surface area contributed by atoms with Crippen molar-refractivity contribution in [2.75, 3.05) is 0 Å². The van der Waals surface area contributed by atoms with Crippen LogP contribution >= 0.6 is 0 Å².